The molecular formula is C27H34N2P. The van der Waals surface area contributed by atoms with Gasteiger partial charge in [-0.25, -0.2) is 0 Å². The fraction of sp³-hybridized carbons (Fsp3) is 0.370. The number of benzene rings is 2. The largest absolute Gasteiger partial charge is 0.302 e. The number of likely N-dealkylation sites (N-methyl/N-ethyl adjacent to an activating group) is 1. The van der Waals surface area contributed by atoms with Crippen LogP contribution in [0.3, 0.4) is 0 Å². The van der Waals surface area contributed by atoms with Crippen molar-refractivity contribution in [2.75, 3.05) is 33.2 Å². The standard InChI is InChI=1S/C27H34N2P/c1-23(28(2)21-22-29-19-10-5-11-20-29)26-17-12-18-27(26)30(24-13-6-3-7-14-24)25-15-8-4-9-16-25/h3-4,6-9,12-18,23H,5,10-11,19-22H2,1-2H3. The molecule has 1 aliphatic carbocycles. The molecule has 1 aliphatic heterocycles. The summed E-state index contributed by atoms with van der Waals surface area (Å²) in [5, 5.41) is 2.85. The molecule has 2 fully saturated rings. The van der Waals surface area contributed by atoms with Crippen LogP contribution in [-0.4, -0.2) is 49.1 Å². The molecule has 1 heterocycles. The second-order valence-electron chi connectivity index (χ2n) is 8.43. The van der Waals surface area contributed by atoms with Crippen LogP contribution >= 0.6 is 7.92 Å². The quantitative estimate of drug-likeness (QED) is 0.577. The first-order valence-electron chi connectivity index (χ1n) is 11.3. The van der Waals surface area contributed by atoms with E-state index in [0.29, 0.717) is 6.04 Å². The number of nitrogens with zero attached hydrogens (tertiary/aromatic N) is 2. The lowest BCUT2D eigenvalue weighted by atomic mass is 9.98. The third-order valence-corrected chi connectivity index (χ3v) is 8.94. The van der Waals surface area contributed by atoms with Gasteiger partial charge in [-0.1, -0.05) is 67.1 Å². The Bertz CT molecular complexity index is 704. The van der Waals surface area contributed by atoms with E-state index in [-0.39, 0.29) is 0 Å². The van der Waals surface area contributed by atoms with Gasteiger partial charge in [0, 0.05) is 30.7 Å². The van der Waals surface area contributed by atoms with E-state index in [1.807, 2.05) is 0 Å². The molecule has 2 aromatic rings. The van der Waals surface area contributed by atoms with Gasteiger partial charge in [-0.3, -0.25) is 0 Å². The summed E-state index contributed by atoms with van der Waals surface area (Å²) in [6, 6.07) is 22.5. The van der Waals surface area contributed by atoms with Crippen LogP contribution in [0.4, 0.5) is 0 Å². The van der Waals surface area contributed by atoms with Crippen LogP contribution in [0.5, 0.6) is 0 Å². The smallest absolute Gasteiger partial charge is 0.0211 e. The van der Waals surface area contributed by atoms with Crippen LogP contribution in [0.2, 0.25) is 0 Å². The van der Waals surface area contributed by atoms with E-state index in [4.69, 9.17) is 0 Å². The molecule has 3 heteroatoms. The Morgan fingerprint density at radius 1 is 0.867 bits per heavy atom. The molecule has 0 amide bonds. The Labute approximate surface area is 185 Å². The third-order valence-electron chi connectivity index (χ3n) is 6.42. The molecule has 0 aromatic heterocycles. The van der Waals surface area contributed by atoms with E-state index >= 15 is 0 Å². The molecule has 0 N–H and O–H groups in total. The summed E-state index contributed by atoms with van der Waals surface area (Å²) in [5.41, 5.74) is 1.50. The minimum atomic E-state index is -0.545. The van der Waals surface area contributed by atoms with Gasteiger partial charge in [0.15, 0.2) is 0 Å². The molecule has 0 bridgehead atoms. The molecule has 4 rings (SSSR count). The summed E-state index contributed by atoms with van der Waals surface area (Å²) in [7, 11) is 1.74. The zero-order valence-corrected chi connectivity index (χ0v) is 19.3. The summed E-state index contributed by atoms with van der Waals surface area (Å²) < 4.78 is 0. The van der Waals surface area contributed by atoms with Crippen molar-refractivity contribution in [2.24, 2.45) is 0 Å². The van der Waals surface area contributed by atoms with Gasteiger partial charge in [-0.15, -0.1) is 0 Å². The van der Waals surface area contributed by atoms with E-state index < -0.39 is 7.92 Å². The minimum Gasteiger partial charge on any atom is -0.302 e. The van der Waals surface area contributed by atoms with Crippen LogP contribution in [0.15, 0.2) is 60.7 Å². The Kier molecular flexibility index (Phi) is 7.99. The van der Waals surface area contributed by atoms with Crippen molar-refractivity contribution >= 4 is 18.5 Å². The summed E-state index contributed by atoms with van der Waals surface area (Å²) >= 11 is 0. The average Bonchev–Trinajstić information content (AvgIpc) is 3.28. The zero-order chi connectivity index (χ0) is 20.8. The highest BCUT2D eigenvalue weighted by molar-refractivity contribution is 7.76. The van der Waals surface area contributed by atoms with Gasteiger partial charge in [-0.05, 0) is 77.7 Å². The summed E-state index contributed by atoms with van der Waals surface area (Å²) in [5.74, 6) is 1.48. The molecule has 1 unspecified atom stereocenters. The lowest BCUT2D eigenvalue weighted by molar-refractivity contribution is 0.181. The number of hydrogen-bond donors (Lipinski definition) is 0. The summed E-state index contributed by atoms with van der Waals surface area (Å²) in [4.78, 5) is 5.18. The lowest BCUT2D eigenvalue weighted by Crippen LogP contribution is -2.42. The first kappa shape index (κ1) is 22.0. The van der Waals surface area contributed by atoms with E-state index in [1.54, 1.807) is 0 Å². The molecule has 0 spiro atoms. The van der Waals surface area contributed by atoms with Crippen molar-refractivity contribution in [1.29, 1.82) is 0 Å². The predicted molar refractivity (Wildman–Crippen MR) is 131 cm³/mol. The summed E-state index contributed by atoms with van der Waals surface area (Å²) in [6.07, 6.45) is 11.1. The van der Waals surface area contributed by atoms with Gasteiger partial charge in [0.1, 0.15) is 0 Å². The van der Waals surface area contributed by atoms with E-state index in [9.17, 15) is 0 Å². The van der Waals surface area contributed by atoms with Crippen LogP contribution in [0.1, 0.15) is 26.2 Å². The Morgan fingerprint density at radius 2 is 1.47 bits per heavy atom. The van der Waals surface area contributed by atoms with Gasteiger partial charge in [-0.2, -0.15) is 0 Å². The molecule has 1 saturated carbocycles. The van der Waals surface area contributed by atoms with Crippen LogP contribution in [0.25, 0.3) is 0 Å². The topological polar surface area (TPSA) is 6.48 Å². The molecular weight excluding hydrogens is 383 g/mol. The van der Waals surface area contributed by atoms with Gasteiger partial charge in [0.25, 0.3) is 0 Å². The fourth-order valence-corrected chi connectivity index (χ4v) is 7.03. The van der Waals surface area contributed by atoms with Crippen LogP contribution in [-0.2, 0) is 0 Å². The number of hydrogen-bond acceptors (Lipinski definition) is 2. The molecule has 1 atom stereocenters. The van der Waals surface area contributed by atoms with Crippen molar-refractivity contribution < 1.29 is 0 Å². The first-order chi connectivity index (χ1) is 14.7. The highest BCUT2D eigenvalue weighted by Crippen LogP contribution is 2.57. The molecule has 2 aliphatic rings. The Hall–Kier alpha value is -1.21. The van der Waals surface area contributed by atoms with Gasteiger partial charge >= 0.3 is 0 Å². The monoisotopic (exact) mass is 417 g/mol. The van der Waals surface area contributed by atoms with Gasteiger partial charge in [0.05, 0.1) is 0 Å². The second kappa shape index (κ2) is 10.9. The SMILES string of the molecule is CC([C]1[CH][CH][CH][C]1P(c1ccccc1)c1ccccc1)N(C)CCN1CCCCC1. The van der Waals surface area contributed by atoms with E-state index in [0.717, 1.165) is 6.54 Å². The Morgan fingerprint density at radius 3 is 2.07 bits per heavy atom. The molecule has 30 heavy (non-hydrogen) atoms. The van der Waals surface area contributed by atoms with Crippen molar-refractivity contribution in [3.63, 3.8) is 0 Å². The maximum Gasteiger partial charge on any atom is 0.0211 e. The number of likely N-dealkylation sites (tertiary alicyclic amines) is 1. The highest BCUT2D eigenvalue weighted by Gasteiger charge is 2.40. The first-order valence-corrected chi connectivity index (χ1v) is 12.7. The number of rotatable bonds is 8. The maximum absolute atomic E-state index is 2.64. The molecule has 2 aromatic carbocycles. The third kappa shape index (κ3) is 5.34. The fourth-order valence-electron chi connectivity index (χ4n) is 4.48. The van der Waals surface area contributed by atoms with Crippen LogP contribution in [0, 0.1) is 30.8 Å². The predicted octanol–water partition coefficient (Wildman–Crippen LogP) is 4.66. The van der Waals surface area contributed by atoms with E-state index in [1.165, 1.54) is 61.1 Å². The molecule has 2 nitrogen and oxygen atoms in total. The normalized spacial score (nSPS) is 20.3. The van der Waals surface area contributed by atoms with Crippen molar-refractivity contribution in [1.82, 2.24) is 9.80 Å². The van der Waals surface area contributed by atoms with E-state index in [2.05, 4.69) is 104 Å². The van der Waals surface area contributed by atoms with Gasteiger partial charge < -0.3 is 9.80 Å². The highest BCUT2D eigenvalue weighted by atomic mass is 31.1. The Balaban J connectivity index is 1.48. The van der Waals surface area contributed by atoms with Crippen molar-refractivity contribution in [2.45, 2.75) is 32.2 Å². The minimum absolute atomic E-state index is 0.414. The molecule has 5 radical (unpaired) electrons. The average molecular weight is 418 g/mol. The molecule has 1 saturated heterocycles. The van der Waals surface area contributed by atoms with Gasteiger partial charge in [0.2, 0.25) is 0 Å². The zero-order valence-electron chi connectivity index (χ0n) is 18.4. The van der Waals surface area contributed by atoms with Crippen molar-refractivity contribution in [3.8, 4) is 0 Å². The summed E-state index contributed by atoms with van der Waals surface area (Å²) in [6.45, 7) is 7.23. The second-order valence-corrected chi connectivity index (χ2v) is 10.6. The molecule has 157 valence electrons. The van der Waals surface area contributed by atoms with Crippen LogP contribution < -0.4 is 10.6 Å². The lowest BCUT2D eigenvalue weighted by Gasteiger charge is -2.37. The number of piperidine rings is 1. The maximum atomic E-state index is 2.64. The van der Waals surface area contributed by atoms with Crippen molar-refractivity contribution in [3.05, 3.63) is 91.5 Å².